The first-order chi connectivity index (χ1) is 15.1. The van der Waals surface area contributed by atoms with Crippen LogP contribution in [-0.2, 0) is 11.2 Å². The van der Waals surface area contributed by atoms with E-state index in [9.17, 15) is 4.79 Å². The molecular weight excluding hydrogens is 408 g/mol. The predicted molar refractivity (Wildman–Crippen MR) is 123 cm³/mol. The fourth-order valence-corrected chi connectivity index (χ4v) is 3.53. The van der Waals surface area contributed by atoms with E-state index in [4.69, 9.17) is 23.9 Å². The number of carbonyl (C=O) groups is 1. The average Bonchev–Trinajstić information content (AvgIpc) is 3.24. The second-order valence-electron chi connectivity index (χ2n) is 9.15. The van der Waals surface area contributed by atoms with Crippen molar-refractivity contribution in [1.82, 2.24) is 20.3 Å². The number of fused-ring (bicyclic) bond motifs is 1. The molecule has 8 heteroatoms. The van der Waals surface area contributed by atoms with Crippen LogP contribution in [0.3, 0.4) is 0 Å². The van der Waals surface area contributed by atoms with E-state index in [0.717, 1.165) is 22.2 Å². The maximum absolute atomic E-state index is 12.5. The minimum Gasteiger partial charge on any atom is -0.496 e. The summed E-state index contributed by atoms with van der Waals surface area (Å²) in [5.41, 5.74) is 1.82. The van der Waals surface area contributed by atoms with E-state index in [1.165, 1.54) is 6.39 Å². The van der Waals surface area contributed by atoms with Gasteiger partial charge in [0, 0.05) is 11.5 Å². The molecule has 0 fully saturated rings. The molecule has 0 saturated carbocycles. The smallest absolute Gasteiger partial charge is 0.408 e. The molecule has 1 aromatic carbocycles. The van der Waals surface area contributed by atoms with E-state index in [0.29, 0.717) is 36.1 Å². The van der Waals surface area contributed by atoms with Crippen LogP contribution < -0.4 is 10.1 Å². The highest BCUT2D eigenvalue weighted by atomic mass is 16.6. The van der Waals surface area contributed by atoms with Gasteiger partial charge in [-0.25, -0.2) is 19.7 Å². The van der Waals surface area contributed by atoms with Gasteiger partial charge in [-0.3, -0.25) is 0 Å². The van der Waals surface area contributed by atoms with Crippen molar-refractivity contribution in [3.63, 3.8) is 0 Å². The number of hydrogen-bond donors (Lipinski definition) is 1. The number of aryl methyl sites for hydroxylation is 1. The molecule has 0 saturated heterocycles. The van der Waals surface area contributed by atoms with Gasteiger partial charge in [0.05, 0.1) is 36.1 Å². The summed E-state index contributed by atoms with van der Waals surface area (Å²) >= 11 is 0. The summed E-state index contributed by atoms with van der Waals surface area (Å²) in [7, 11) is 1.61. The molecule has 3 rings (SSSR count). The first-order valence-electron chi connectivity index (χ1n) is 10.9. The molecule has 0 aliphatic rings. The summed E-state index contributed by atoms with van der Waals surface area (Å²) in [6.45, 7) is 11.7. The molecule has 0 bridgehead atoms. The third kappa shape index (κ3) is 5.55. The lowest BCUT2D eigenvalue weighted by molar-refractivity contribution is 0.0495. The van der Waals surface area contributed by atoms with Gasteiger partial charge in [-0.05, 0) is 45.6 Å². The Labute approximate surface area is 188 Å². The number of nitrogens with zero attached hydrogens (tertiary/aromatic N) is 3. The Morgan fingerprint density at radius 1 is 1.22 bits per heavy atom. The van der Waals surface area contributed by atoms with Gasteiger partial charge in [0.1, 0.15) is 11.4 Å². The Balaban J connectivity index is 2.08. The molecule has 1 N–H and O–H groups in total. The molecule has 0 aliphatic heterocycles. The van der Waals surface area contributed by atoms with Crippen LogP contribution in [0.25, 0.3) is 22.2 Å². The van der Waals surface area contributed by atoms with Crippen LogP contribution in [-0.4, -0.2) is 33.8 Å². The first-order valence-corrected chi connectivity index (χ1v) is 10.9. The van der Waals surface area contributed by atoms with Crippen LogP contribution in [0.1, 0.15) is 65.5 Å². The van der Waals surface area contributed by atoms with Crippen molar-refractivity contribution >= 4 is 17.0 Å². The van der Waals surface area contributed by atoms with Crippen LogP contribution in [0.2, 0.25) is 0 Å². The summed E-state index contributed by atoms with van der Waals surface area (Å²) in [6.07, 6.45) is 3.94. The van der Waals surface area contributed by atoms with E-state index in [1.54, 1.807) is 13.3 Å². The van der Waals surface area contributed by atoms with Gasteiger partial charge in [-0.15, -0.1) is 0 Å². The van der Waals surface area contributed by atoms with Crippen LogP contribution in [0.5, 0.6) is 5.75 Å². The fourth-order valence-electron chi connectivity index (χ4n) is 3.53. The van der Waals surface area contributed by atoms with Crippen LogP contribution in [0.4, 0.5) is 4.79 Å². The van der Waals surface area contributed by atoms with Gasteiger partial charge < -0.3 is 19.2 Å². The fraction of sp³-hybridized carbons (Fsp3) is 0.500. The van der Waals surface area contributed by atoms with Crippen molar-refractivity contribution in [2.24, 2.45) is 5.92 Å². The monoisotopic (exact) mass is 440 g/mol. The molecule has 1 unspecified atom stereocenters. The lowest BCUT2D eigenvalue weighted by Gasteiger charge is -2.24. The van der Waals surface area contributed by atoms with E-state index in [1.807, 2.05) is 39.8 Å². The van der Waals surface area contributed by atoms with Crippen LogP contribution in [0.15, 0.2) is 29.1 Å². The van der Waals surface area contributed by atoms with Crippen molar-refractivity contribution < 1.29 is 18.7 Å². The van der Waals surface area contributed by atoms with Gasteiger partial charge >= 0.3 is 6.09 Å². The summed E-state index contributed by atoms with van der Waals surface area (Å²) in [4.78, 5) is 26.1. The quantitative estimate of drug-likeness (QED) is 0.520. The Kier molecular flexibility index (Phi) is 7.01. The molecule has 172 valence electrons. The number of aromatic nitrogens is 3. The Hall–Kier alpha value is -3.16. The topological polar surface area (TPSA) is 99.4 Å². The van der Waals surface area contributed by atoms with Gasteiger partial charge in [0.2, 0.25) is 0 Å². The van der Waals surface area contributed by atoms with Crippen LogP contribution >= 0.6 is 0 Å². The molecule has 0 spiro atoms. The zero-order chi connectivity index (χ0) is 23.5. The standard InChI is InChI=1S/C24H32N4O4/c1-8-17-15-10-16(21-12-25-13-31-21)20(30-7)11-18(15)27-22(26-17)19(9-14(2)3)28-23(29)32-24(4,5)6/h10-14,19H,8-9H2,1-7H3,(H,28,29). The molecule has 32 heavy (non-hydrogen) atoms. The number of amides is 1. The van der Waals surface area contributed by atoms with Gasteiger partial charge in [0.25, 0.3) is 0 Å². The number of alkyl carbamates (subject to hydrolysis) is 1. The molecule has 3 aromatic rings. The van der Waals surface area contributed by atoms with E-state index >= 15 is 0 Å². The summed E-state index contributed by atoms with van der Waals surface area (Å²) in [6, 6.07) is 3.47. The Bertz CT molecular complexity index is 1070. The van der Waals surface area contributed by atoms with E-state index < -0.39 is 11.7 Å². The zero-order valence-corrected chi connectivity index (χ0v) is 19.9. The van der Waals surface area contributed by atoms with Crippen molar-refractivity contribution in [1.29, 1.82) is 0 Å². The number of methoxy groups -OCH3 is 1. The lowest BCUT2D eigenvalue weighted by atomic mass is 10.0. The maximum atomic E-state index is 12.5. The SMILES string of the molecule is CCc1nc(C(CC(C)C)NC(=O)OC(C)(C)C)nc2cc(OC)c(-c3cnco3)cc12. The van der Waals surface area contributed by atoms with Gasteiger partial charge in [-0.2, -0.15) is 0 Å². The normalized spacial score (nSPS) is 12.8. The molecule has 0 aliphatic carbocycles. The van der Waals surface area contributed by atoms with E-state index in [2.05, 4.69) is 24.1 Å². The minimum absolute atomic E-state index is 0.322. The second kappa shape index (κ2) is 9.54. The molecule has 2 heterocycles. The third-order valence-electron chi connectivity index (χ3n) is 4.86. The average molecular weight is 441 g/mol. The van der Waals surface area contributed by atoms with Crippen molar-refractivity contribution in [3.05, 3.63) is 36.2 Å². The van der Waals surface area contributed by atoms with Gasteiger partial charge in [0.15, 0.2) is 18.0 Å². The number of carbonyl (C=O) groups excluding carboxylic acids is 1. The van der Waals surface area contributed by atoms with Crippen LogP contribution in [0, 0.1) is 5.92 Å². The highest BCUT2D eigenvalue weighted by molar-refractivity contribution is 5.89. The highest BCUT2D eigenvalue weighted by Crippen LogP contribution is 2.35. The predicted octanol–water partition coefficient (Wildman–Crippen LogP) is 5.47. The molecule has 0 radical (unpaired) electrons. The summed E-state index contributed by atoms with van der Waals surface area (Å²) in [5, 5.41) is 3.87. The number of ether oxygens (including phenoxy) is 2. The highest BCUT2D eigenvalue weighted by Gasteiger charge is 2.25. The number of rotatable bonds is 7. The summed E-state index contributed by atoms with van der Waals surface area (Å²) < 4.78 is 16.5. The number of hydrogen-bond acceptors (Lipinski definition) is 7. The van der Waals surface area contributed by atoms with Gasteiger partial charge in [-0.1, -0.05) is 20.8 Å². The maximum Gasteiger partial charge on any atom is 0.408 e. The Morgan fingerprint density at radius 3 is 2.53 bits per heavy atom. The minimum atomic E-state index is -0.588. The Morgan fingerprint density at radius 2 is 1.97 bits per heavy atom. The van der Waals surface area contributed by atoms with Crippen molar-refractivity contribution in [2.45, 2.75) is 66.0 Å². The number of benzene rings is 1. The molecule has 8 nitrogen and oxygen atoms in total. The van der Waals surface area contributed by atoms with E-state index in [-0.39, 0.29) is 6.04 Å². The van der Waals surface area contributed by atoms with Crippen molar-refractivity contribution in [3.8, 4) is 17.1 Å². The number of nitrogens with one attached hydrogen (secondary N) is 1. The summed E-state index contributed by atoms with van der Waals surface area (Å²) in [5.74, 6) is 2.12. The third-order valence-corrected chi connectivity index (χ3v) is 4.86. The number of oxazole rings is 1. The second-order valence-corrected chi connectivity index (χ2v) is 9.15. The first kappa shape index (κ1) is 23.5. The molecule has 2 aromatic heterocycles. The largest absolute Gasteiger partial charge is 0.496 e. The molecular formula is C24H32N4O4. The molecule has 1 atom stereocenters. The van der Waals surface area contributed by atoms with Crippen molar-refractivity contribution in [2.75, 3.05) is 7.11 Å². The lowest BCUT2D eigenvalue weighted by Crippen LogP contribution is -2.36. The molecule has 1 amide bonds. The zero-order valence-electron chi connectivity index (χ0n) is 19.9.